The van der Waals surface area contributed by atoms with Crippen LogP contribution in [0.5, 0.6) is 0 Å². The first kappa shape index (κ1) is 12.7. The lowest BCUT2D eigenvalue weighted by molar-refractivity contribution is 0.0735. The largest absolute Gasteiger partial charge is 0.339 e. The van der Waals surface area contributed by atoms with Crippen LogP contribution >= 0.6 is 23.2 Å². The van der Waals surface area contributed by atoms with Gasteiger partial charge in [-0.2, -0.15) is 0 Å². The van der Waals surface area contributed by atoms with Gasteiger partial charge >= 0.3 is 0 Å². The van der Waals surface area contributed by atoms with E-state index < -0.39 is 0 Å². The fourth-order valence-corrected chi connectivity index (χ4v) is 2.47. The first-order valence-corrected chi connectivity index (χ1v) is 6.43. The van der Waals surface area contributed by atoms with E-state index in [1.54, 1.807) is 11.0 Å². The summed E-state index contributed by atoms with van der Waals surface area (Å²) in [6.45, 7) is 0. The fourth-order valence-electron chi connectivity index (χ4n) is 2.20. The minimum Gasteiger partial charge on any atom is -0.339 e. The Morgan fingerprint density at radius 3 is 2.65 bits per heavy atom. The van der Waals surface area contributed by atoms with E-state index in [0.29, 0.717) is 16.6 Å². The van der Waals surface area contributed by atoms with Crippen LogP contribution in [0, 0.1) is 0 Å². The summed E-state index contributed by atoms with van der Waals surface area (Å²) in [6.07, 6.45) is 6.03. The summed E-state index contributed by atoms with van der Waals surface area (Å²) in [7, 11) is 1.83. The number of carbonyl (C=O) groups excluding carboxylic acids is 1. The Morgan fingerprint density at radius 2 is 2.06 bits per heavy atom. The first-order chi connectivity index (χ1) is 8.09. The van der Waals surface area contributed by atoms with Gasteiger partial charge in [0.2, 0.25) is 0 Å². The molecule has 1 aliphatic carbocycles. The normalized spacial score (nSPS) is 16.2. The number of halogens is 2. The third kappa shape index (κ3) is 2.72. The van der Waals surface area contributed by atoms with Gasteiger partial charge in [0.05, 0.1) is 10.6 Å². The van der Waals surface area contributed by atoms with Crippen molar-refractivity contribution < 1.29 is 4.79 Å². The molecule has 0 aliphatic heterocycles. The van der Waals surface area contributed by atoms with E-state index in [9.17, 15) is 4.79 Å². The molecule has 17 heavy (non-hydrogen) atoms. The lowest BCUT2D eigenvalue weighted by Crippen LogP contribution is -2.35. The summed E-state index contributed by atoms with van der Waals surface area (Å²) >= 11 is 11.6. The van der Waals surface area contributed by atoms with Crippen molar-refractivity contribution in [3.05, 3.63) is 28.0 Å². The maximum atomic E-state index is 12.2. The van der Waals surface area contributed by atoms with Gasteiger partial charge in [0, 0.05) is 19.3 Å². The maximum Gasteiger partial charge on any atom is 0.255 e. The molecule has 1 amide bonds. The third-order valence-electron chi connectivity index (χ3n) is 3.24. The van der Waals surface area contributed by atoms with Gasteiger partial charge < -0.3 is 4.90 Å². The van der Waals surface area contributed by atoms with E-state index in [1.807, 2.05) is 7.05 Å². The molecule has 0 aromatic carbocycles. The summed E-state index contributed by atoms with van der Waals surface area (Å²) in [4.78, 5) is 17.9. The Morgan fingerprint density at radius 1 is 1.41 bits per heavy atom. The molecular weight excluding hydrogens is 259 g/mol. The molecule has 1 saturated carbocycles. The Bertz CT molecular complexity index is 431. The van der Waals surface area contributed by atoms with Crippen molar-refractivity contribution in [1.82, 2.24) is 9.88 Å². The van der Waals surface area contributed by atoms with Crippen LogP contribution in [0.3, 0.4) is 0 Å². The van der Waals surface area contributed by atoms with Gasteiger partial charge in [-0.15, -0.1) is 0 Å². The second kappa shape index (κ2) is 5.23. The molecule has 92 valence electrons. The Hall–Kier alpha value is -0.800. The van der Waals surface area contributed by atoms with Crippen molar-refractivity contribution in [3.8, 4) is 0 Å². The van der Waals surface area contributed by atoms with Crippen molar-refractivity contribution in [2.24, 2.45) is 0 Å². The zero-order valence-electron chi connectivity index (χ0n) is 9.62. The van der Waals surface area contributed by atoms with Crippen molar-refractivity contribution in [1.29, 1.82) is 0 Å². The quantitative estimate of drug-likeness (QED) is 0.774. The molecule has 2 rings (SSSR count). The molecule has 3 nitrogen and oxygen atoms in total. The van der Waals surface area contributed by atoms with E-state index in [0.717, 1.165) is 12.8 Å². The topological polar surface area (TPSA) is 33.2 Å². The average Bonchev–Trinajstić information content (AvgIpc) is 2.84. The zero-order valence-corrected chi connectivity index (χ0v) is 11.1. The molecule has 1 heterocycles. The standard InChI is InChI=1S/C12H14Cl2N2O/c1-16(9-4-2-3-5-9)12(17)8-6-10(13)11(14)15-7-8/h6-7,9H,2-5H2,1H3. The lowest BCUT2D eigenvalue weighted by atomic mass is 10.2. The highest BCUT2D eigenvalue weighted by molar-refractivity contribution is 6.41. The highest BCUT2D eigenvalue weighted by Crippen LogP contribution is 2.25. The number of amides is 1. The van der Waals surface area contributed by atoms with Crippen molar-refractivity contribution in [2.75, 3.05) is 7.05 Å². The number of nitrogens with zero attached hydrogens (tertiary/aromatic N) is 2. The number of aromatic nitrogens is 1. The number of rotatable bonds is 2. The summed E-state index contributed by atoms with van der Waals surface area (Å²) in [5.74, 6) is -0.0389. The van der Waals surface area contributed by atoms with Crippen LogP contribution in [0.15, 0.2) is 12.3 Å². The molecule has 1 fully saturated rings. The molecule has 0 saturated heterocycles. The van der Waals surface area contributed by atoms with E-state index in [-0.39, 0.29) is 11.1 Å². The summed E-state index contributed by atoms with van der Waals surface area (Å²) < 4.78 is 0. The molecular formula is C12H14Cl2N2O. The van der Waals surface area contributed by atoms with E-state index in [2.05, 4.69) is 4.98 Å². The van der Waals surface area contributed by atoms with Crippen LogP contribution in [0.4, 0.5) is 0 Å². The predicted octanol–water partition coefficient (Wildman–Crippen LogP) is 3.40. The van der Waals surface area contributed by atoms with Gasteiger partial charge in [-0.05, 0) is 18.9 Å². The molecule has 1 aromatic rings. The second-order valence-electron chi connectivity index (χ2n) is 4.35. The minimum atomic E-state index is -0.0389. The van der Waals surface area contributed by atoms with Crippen LogP contribution in [0.25, 0.3) is 0 Å². The highest BCUT2D eigenvalue weighted by atomic mass is 35.5. The van der Waals surface area contributed by atoms with Crippen LogP contribution in [-0.2, 0) is 0 Å². The van der Waals surface area contributed by atoms with Crippen LogP contribution in [-0.4, -0.2) is 28.9 Å². The molecule has 5 heteroatoms. The Balaban J connectivity index is 2.15. The minimum absolute atomic E-state index is 0.0389. The van der Waals surface area contributed by atoms with Gasteiger partial charge in [-0.25, -0.2) is 4.98 Å². The first-order valence-electron chi connectivity index (χ1n) is 5.68. The second-order valence-corrected chi connectivity index (χ2v) is 5.12. The summed E-state index contributed by atoms with van der Waals surface area (Å²) in [5, 5.41) is 0.545. The molecule has 1 aromatic heterocycles. The number of hydrogen-bond donors (Lipinski definition) is 0. The van der Waals surface area contributed by atoms with Crippen molar-refractivity contribution >= 4 is 29.1 Å². The van der Waals surface area contributed by atoms with Crippen molar-refractivity contribution in [2.45, 2.75) is 31.7 Å². The molecule has 0 unspecified atom stereocenters. The summed E-state index contributed by atoms with van der Waals surface area (Å²) in [5.41, 5.74) is 0.494. The Kier molecular flexibility index (Phi) is 3.89. The SMILES string of the molecule is CN(C(=O)c1cnc(Cl)c(Cl)c1)C1CCCC1. The van der Waals surface area contributed by atoms with Crippen LogP contribution in [0.1, 0.15) is 36.0 Å². The van der Waals surface area contributed by atoms with Crippen molar-refractivity contribution in [3.63, 3.8) is 0 Å². The average molecular weight is 273 g/mol. The fraction of sp³-hybridized carbons (Fsp3) is 0.500. The van der Waals surface area contributed by atoms with Gasteiger partial charge in [0.15, 0.2) is 0 Å². The van der Waals surface area contributed by atoms with Gasteiger partial charge in [-0.1, -0.05) is 36.0 Å². The smallest absolute Gasteiger partial charge is 0.255 e. The number of carbonyl (C=O) groups is 1. The molecule has 0 spiro atoms. The van der Waals surface area contributed by atoms with Gasteiger partial charge in [0.25, 0.3) is 5.91 Å². The summed E-state index contributed by atoms with van der Waals surface area (Å²) in [6, 6.07) is 1.92. The maximum absolute atomic E-state index is 12.2. The van der Waals surface area contributed by atoms with Gasteiger partial charge in [0.1, 0.15) is 5.15 Å². The zero-order chi connectivity index (χ0) is 12.4. The van der Waals surface area contributed by atoms with E-state index >= 15 is 0 Å². The highest BCUT2D eigenvalue weighted by Gasteiger charge is 2.24. The van der Waals surface area contributed by atoms with E-state index in [1.165, 1.54) is 19.0 Å². The number of pyridine rings is 1. The molecule has 0 bridgehead atoms. The van der Waals surface area contributed by atoms with Crippen LogP contribution < -0.4 is 0 Å². The molecule has 0 atom stereocenters. The lowest BCUT2D eigenvalue weighted by Gasteiger charge is -2.24. The number of hydrogen-bond acceptors (Lipinski definition) is 2. The van der Waals surface area contributed by atoms with Crippen LogP contribution in [0.2, 0.25) is 10.2 Å². The molecule has 1 aliphatic rings. The Labute approximate surface area is 111 Å². The predicted molar refractivity (Wildman–Crippen MR) is 68.6 cm³/mol. The van der Waals surface area contributed by atoms with Gasteiger partial charge in [-0.3, -0.25) is 4.79 Å². The van der Waals surface area contributed by atoms with E-state index in [4.69, 9.17) is 23.2 Å². The monoisotopic (exact) mass is 272 g/mol. The molecule has 0 N–H and O–H groups in total. The molecule has 0 radical (unpaired) electrons. The third-order valence-corrected chi connectivity index (χ3v) is 3.92.